The third-order valence-corrected chi connectivity index (χ3v) is 5.56. The molecule has 0 radical (unpaired) electrons. The molecule has 31 heavy (non-hydrogen) atoms. The Morgan fingerprint density at radius 3 is 2.61 bits per heavy atom. The van der Waals surface area contributed by atoms with Gasteiger partial charge in [-0.15, -0.1) is 0 Å². The van der Waals surface area contributed by atoms with E-state index in [4.69, 9.17) is 4.74 Å². The maximum absolute atomic E-state index is 13.9. The van der Waals surface area contributed by atoms with Crippen LogP contribution in [0.3, 0.4) is 0 Å². The Kier molecular flexibility index (Phi) is 5.57. The molecule has 2 aromatic heterocycles. The van der Waals surface area contributed by atoms with Crippen molar-refractivity contribution in [2.45, 2.75) is 25.1 Å². The molecule has 3 aromatic rings. The van der Waals surface area contributed by atoms with E-state index in [0.29, 0.717) is 10.9 Å². The number of pyridine rings is 1. The van der Waals surface area contributed by atoms with Crippen LogP contribution in [0.4, 0.5) is 18.9 Å². The average molecular weight is 433 g/mol. The van der Waals surface area contributed by atoms with E-state index >= 15 is 0 Å². The first-order valence-corrected chi connectivity index (χ1v) is 9.83. The molecule has 164 valence electrons. The number of ether oxygens (including phenoxy) is 1. The zero-order valence-electron chi connectivity index (χ0n) is 17.1. The monoisotopic (exact) mass is 433 g/mol. The van der Waals surface area contributed by atoms with Gasteiger partial charge in [0.1, 0.15) is 5.75 Å². The normalized spacial score (nSPS) is 15.9. The summed E-state index contributed by atoms with van der Waals surface area (Å²) >= 11 is 0. The number of rotatable bonds is 4. The summed E-state index contributed by atoms with van der Waals surface area (Å²) in [7, 11) is 3.70. The van der Waals surface area contributed by atoms with Crippen molar-refractivity contribution in [1.29, 1.82) is 0 Å². The van der Waals surface area contributed by atoms with Gasteiger partial charge < -0.3 is 19.6 Å². The van der Waals surface area contributed by atoms with Gasteiger partial charge in [0.15, 0.2) is 0 Å². The van der Waals surface area contributed by atoms with E-state index < -0.39 is 11.7 Å². The first-order valence-electron chi connectivity index (χ1n) is 9.83. The fraction of sp³-hybridized carbons (Fsp3) is 0.381. The molecule has 1 N–H and O–H groups in total. The number of aromatic nitrogens is 3. The van der Waals surface area contributed by atoms with E-state index in [1.165, 1.54) is 30.6 Å². The van der Waals surface area contributed by atoms with E-state index in [1.807, 2.05) is 7.05 Å². The fourth-order valence-electron chi connectivity index (χ4n) is 3.79. The Bertz CT molecular complexity index is 1080. The minimum atomic E-state index is -4.56. The summed E-state index contributed by atoms with van der Waals surface area (Å²) in [6.45, 7) is 1.68. The molecule has 1 fully saturated rings. The number of halogens is 3. The number of anilines is 1. The van der Waals surface area contributed by atoms with Gasteiger partial charge in [0, 0.05) is 25.0 Å². The molecule has 3 heterocycles. The van der Waals surface area contributed by atoms with Crippen LogP contribution < -0.4 is 9.64 Å². The van der Waals surface area contributed by atoms with Crippen molar-refractivity contribution in [3.63, 3.8) is 0 Å². The number of benzene rings is 1. The van der Waals surface area contributed by atoms with Gasteiger partial charge in [-0.25, -0.2) is 0 Å². The molecule has 1 saturated heterocycles. The Balaban J connectivity index is 1.64. The molecule has 4 rings (SSSR count). The molecule has 1 aromatic carbocycles. The van der Waals surface area contributed by atoms with E-state index in [1.54, 1.807) is 11.9 Å². The highest BCUT2D eigenvalue weighted by molar-refractivity contribution is 5.82. The van der Waals surface area contributed by atoms with Crippen LogP contribution in [-0.2, 0) is 6.18 Å². The molecule has 1 aliphatic rings. The van der Waals surface area contributed by atoms with E-state index in [9.17, 15) is 18.3 Å². The van der Waals surface area contributed by atoms with Crippen molar-refractivity contribution in [3.05, 3.63) is 42.2 Å². The van der Waals surface area contributed by atoms with Gasteiger partial charge in [0.2, 0.25) is 5.88 Å². The summed E-state index contributed by atoms with van der Waals surface area (Å²) in [4.78, 5) is 15.7. The number of alkyl halides is 3. The average Bonchev–Trinajstić information content (AvgIpc) is 2.73. The number of hydrogen-bond donors (Lipinski definition) is 1. The zero-order valence-corrected chi connectivity index (χ0v) is 17.1. The molecule has 1 aliphatic heterocycles. The number of nitrogens with zero attached hydrogens (tertiary/aromatic N) is 5. The first-order chi connectivity index (χ1) is 14.7. The number of hydrogen-bond acceptors (Lipinski definition) is 7. The highest BCUT2D eigenvalue weighted by Gasteiger charge is 2.36. The largest absolute Gasteiger partial charge is 0.493 e. The summed E-state index contributed by atoms with van der Waals surface area (Å²) < 4.78 is 47.0. The van der Waals surface area contributed by atoms with Crippen LogP contribution in [0.15, 0.2) is 36.7 Å². The SMILES string of the molecule is CN1CCC(N(C)c2ccc(Oc3nc(O)c4ccncc4n3)cc2C(F)(F)F)CC1. The quantitative estimate of drug-likeness (QED) is 0.665. The lowest BCUT2D eigenvalue weighted by Gasteiger charge is -2.37. The lowest BCUT2D eigenvalue weighted by molar-refractivity contribution is -0.137. The third-order valence-electron chi connectivity index (χ3n) is 5.56. The molecule has 0 spiro atoms. The highest BCUT2D eigenvalue weighted by Crippen LogP contribution is 2.40. The fourth-order valence-corrected chi connectivity index (χ4v) is 3.79. The summed E-state index contributed by atoms with van der Waals surface area (Å²) in [5.41, 5.74) is -0.376. The molecule has 0 atom stereocenters. The van der Waals surface area contributed by atoms with Crippen LogP contribution in [0.25, 0.3) is 10.9 Å². The summed E-state index contributed by atoms with van der Waals surface area (Å²) in [5.74, 6) is -0.410. The first kappa shape index (κ1) is 21.1. The Hall–Kier alpha value is -3.14. The van der Waals surface area contributed by atoms with E-state index in [-0.39, 0.29) is 29.4 Å². The minimum Gasteiger partial charge on any atom is -0.493 e. The Labute approximate surface area is 177 Å². The molecule has 0 aliphatic carbocycles. The van der Waals surface area contributed by atoms with Gasteiger partial charge in [0.25, 0.3) is 0 Å². The van der Waals surface area contributed by atoms with Gasteiger partial charge in [-0.3, -0.25) is 4.98 Å². The molecule has 0 amide bonds. The predicted octanol–water partition coefficient (Wildman–Crippen LogP) is 4.07. The van der Waals surface area contributed by atoms with Gasteiger partial charge >= 0.3 is 12.2 Å². The van der Waals surface area contributed by atoms with Crippen molar-refractivity contribution in [3.8, 4) is 17.6 Å². The van der Waals surface area contributed by atoms with Crippen LogP contribution in [0.2, 0.25) is 0 Å². The minimum absolute atomic E-state index is 0.0253. The lowest BCUT2D eigenvalue weighted by Crippen LogP contribution is -2.42. The summed E-state index contributed by atoms with van der Waals surface area (Å²) in [6.07, 6.45) is -0.0994. The number of aromatic hydroxyl groups is 1. The molecule has 0 unspecified atom stereocenters. The second-order valence-electron chi connectivity index (χ2n) is 7.65. The molecule has 7 nitrogen and oxygen atoms in total. The van der Waals surface area contributed by atoms with Crippen LogP contribution in [0, 0.1) is 0 Å². The lowest BCUT2D eigenvalue weighted by atomic mass is 10.0. The van der Waals surface area contributed by atoms with Crippen LogP contribution >= 0.6 is 0 Å². The smallest absolute Gasteiger partial charge is 0.418 e. The molecule has 0 bridgehead atoms. The van der Waals surface area contributed by atoms with Gasteiger partial charge in [-0.2, -0.15) is 23.1 Å². The molecular weight excluding hydrogens is 411 g/mol. The number of likely N-dealkylation sites (tertiary alicyclic amines) is 1. The third kappa shape index (κ3) is 4.48. The van der Waals surface area contributed by atoms with Gasteiger partial charge in [0.05, 0.1) is 22.7 Å². The Morgan fingerprint density at radius 1 is 1.16 bits per heavy atom. The maximum Gasteiger partial charge on any atom is 0.418 e. The molecule has 10 heteroatoms. The van der Waals surface area contributed by atoms with Crippen molar-refractivity contribution >= 4 is 16.6 Å². The number of fused-ring (bicyclic) bond motifs is 1. The van der Waals surface area contributed by atoms with Crippen molar-refractivity contribution in [2.75, 3.05) is 32.1 Å². The Morgan fingerprint density at radius 2 is 1.90 bits per heavy atom. The molecule has 0 saturated carbocycles. The highest BCUT2D eigenvalue weighted by atomic mass is 19.4. The van der Waals surface area contributed by atoms with Gasteiger partial charge in [-0.1, -0.05) is 0 Å². The van der Waals surface area contributed by atoms with Gasteiger partial charge in [-0.05, 0) is 57.2 Å². The second kappa shape index (κ2) is 8.18. The second-order valence-corrected chi connectivity index (χ2v) is 7.65. The van der Waals surface area contributed by atoms with Crippen LogP contribution in [0.5, 0.6) is 17.6 Å². The standard InChI is InChI=1S/C21H22F3N5O2/c1-28-9-6-13(7-10-28)29(2)18-4-3-14(11-16(18)21(22,23)24)31-20-26-17-12-25-8-5-15(17)19(30)27-20/h3-5,8,11-13H,6-7,9-10H2,1-2H3,(H,26,27,30). The van der Waals surface area contributed by atoms with Crippen LogP contribution in [0.1, 0.15) is 18.4 Å². The zero-order chi connectivity index (χ0) is 22.2. The van der Waals surface area contributed by atoms with Crippen molar-refractivity contribution in [1.82, 2.24) is 19.9 Å². The molecular formula is C21H22F3N5O2. The maximum atomic E-state index is 13.9. The van der Waals surface area contributed by atoms with Crippen molar-refractivity contribution in [2.24, 2.45) is 0 Å². The summed E-state index contributed by atoms with van der Waals surface area (Å²) in [5, 5.41) is 10.4. The van der Waals surface area contributed by atoms with E-state index in [2.05, 4.69) is 19.9 Å². The predicted molar refractivity (Wildman–Crippen MR) is 109 cm³/mol. The van der Waals surface area contributed by atoms with Crippen LogP contribution in [-0.4, -0.2) is 58.2 Å². The summed E-state index contributed by atoms with van der Waals surface area (Å²) in [6, 6.07) is 5.08. The van der Waals surface area contributed by atoms with E-state index in [0.717, 1.165) is 32.0 Å². The topological polar surface area (TPSA) is 74.6 Å². The van der Waals surface area contributed by atoms with Crippen molar-refractivity contribution < 1.29 is 23.0 Å². The number of piperidine rings is 1.